The molecule has 140 valence electrons. The van der Waals surface area contributed by atoms with E-state index in [-0.39, 0.29) is 19.1 Å². The van der Waals surface area contributed by atoms with Crippen LogP contribution < -0.4 is 4.74 Å². The third-order valence-electron chi connectivity index (χ3n) is 4.47. The van der Waals surface area contributed by atoms with E-state index in [1.165, 1.54) is 0 Å². The Labute approximate surface area is 150 Å². The van der Waals surface area contributed by atoms with Crippen LogP contribution in [0.4, 0.5) is 0 Å². The summed E-state index contributed by atoms with van der Waals surface area (Å²) in [7, 11) is -1.85. The van der Waals surface area contributed by atoms with Crippen LogP contribution in [0.5, 0.6) is 5.75 Å². The van der Waals surface area contributed by atoms with Crippen molar-refractivity contribution in [2.45, 2.75) is 51.9 Å². The number of amides is 1. The van der Waals surface area contributed by atoms with Gasteiger partial charge in [-0.25, -0.2) is 0 Å². The highest BCUT2D eigenvalue weighted by Gasteiger charge is 2.54. The van der Waals surface area contributed by atoms with Gasteiger partial charge in [-0.15, -0.1) is 0 Å². The normalized spacial score (nSPS) is 20.1. The second-order valence-electron chi connectivity index (χ2n) is 6.68. The number of nitrogens with zero attached hydrogens (tertiary/aromatic N) is 1. The number of carbonyl (C=O) groups excluding carboxylic acids is 1. The Morgan fingerprint density at radius 2 is 1.72 bits per heavy atom. The van der Waals surface area contributed by atoms with Crippen LogP contribution in [0.3, 0.4) is 0 Å². The highest BCUT2D eigenvalue weighted by Crippen LogP contribution is 2.58. The first kappa shape index (κ1) is 20.0. The highest BCUT2D eigenvalue weighted by atomic mass is 31.2. The van der Waals surface area contributed by atoms with Crippen molar-refractivity contribution in [2.24, 2.45) is 0 Å². The Morgan fingerprint density at radius 3 is 2.20 bits per heavy atom. The minimum Gasteiger partial charge on any atom is -0.497 e. The smallest absolute Gasteiger partial charge is 0.343 e. The average molecular weight is 369 g/mol. The molecule has 0 saturated carbocycles. The zero-order chi connectivity index (χ0) is 18.7. The van der Waals surface area contributed by atoms with Crippen molar-refractivity contribution in [3.05, 3.63) is 29.8 Å². The lowest BCUT2D eigenvalue weighted by Crippen LogP contribution is -2.40. The SMILES string of the molecule is CCOP(=O)(OCC)C1CC(C)(C)N(Cc2ccc(OC)cc2)C1=O. The molecule has 1 amide bonds. The molecular formula is C18H28NO5P. The molecule has 25 heavy (non-hydrogen) atoms. The Morgan fingerprint density at radius 1 is 1.16 bits per heavy atom. The number of ether oxygens (including phenoxy) is 1. The van der Waals surface area contributed by atoms with Crippen LogP contribution in [0.15, 0.2) is 24.3 Å². The second kappa shape index (κ2) is 7.90. The quantitative estimate of drug-likeness (QED) is 0.652. The fourth-order valence-corrected chi connectivity index (χ4v) is 5.41. The molecule has 0 radical (unpaired) electrons. The molecular weight excluding hydrogens is 341 g/mol. The van der Waals surface area contributed by atoms with Gasteiger partial charge in [0.15, 0.2) is 0 Å². The van der Waals surface area contributed by atoms with Gasteiger partial charge in [-0.3, -0.25) is 9.36 Å². The molecule has 1 aromatic rings. The number of benzene rings is 1. The van der Waals surface area contributed by atoms with Gasteiger partial charge in [0.1, 0.15) is 11.4 Å². The zero-order valence-corrected chi connectivity index (χ0v) is 16.5. The molecule has 1 saturated heterocycles. The van der Waals surface area contributed by atoms with Gasteiger partial charge in [-0.05, 0) is 51.8 Å². The Bertz CT molecular complexity index is 633. The van der Waals surface area contributed by atoms with Crippen LogP contribution in [0.25, 0.3) is 0 Å². The van der Waals surface area contributed by atoms with E-state index in [4.69, 9.17) is 13.8 Å². The molecule has 1 heterocycles. The molecule has 1 atom stereocenters. The monoisotopic (exact) mass is 369 g/mol. The molecule has 0 N–H and O–H groups in total. The van der Waals surface area contributed by atoms with Gasteiger partial charge in [0.05, 0.1) is 20.3 Å². The zero-order valence-electron chi connectivity index (χ0n) is 15.7. The van der Waals surface area contributed by atoms with Gasteiger partial charge < -0.3 is 18.7 Å². The van der Waals surface area contributed by atoms with Crippen LogP contribution in [-0.4, -0.2) is 42.3 Å². The highest BCUT2D eigenvalue weighted by molar-refractivity contribution is 7.55. The first-order chi connectivity index (χ1) is 11.8. The molecule has 6 nitrogen and oxygen atoms in total. The lowest BCUT2D eigenvalue weighted by Gasteiger charge is -2.31. The maximum atomic E-state index is 13.1. The minimum atomic E-state index is -3.47. The van der Waals surface area contributed by atoms with Gasteiger partial charge in [0, 0.05) is 12.1 Å². The molecule has 0 aromatic heterocycles. The van der Waals surface area contributed by atoms with Crippen molar-refractivity contribution in [2.75, 3.05) is 20.3 Å². The van der Waals surface area contributed by atoms with Crippen molar-refractivity contribution < 1.29 is 23.1 Å². The molecule has 7 heteroatoms. The average Bonchev–Trinajstić information content (AvgIpc) is 2.80. The molecule has 1 fully saturated rings. The summed E-state index contributed by atoms with van der Waals surface area (Å²) < 4.78 is 29.1. The Kier molecular flexibility index (Phi) is 6.30. The van der Waals surface area contributed by atoms with Crippen molar-refractivity contribution >= 4 is 13.5 Å². The predicted molar refractivity (Wildman–Crippen MR) is 96.9 cm³/mol. The fourth-order valence-electron chi connectivity index (χ4n) is 3.18. The number of carbonyl (C=O) groups is 1. The summed E-state index contributed by atoms with van der Waals surface area (Å²) >= 11 is 0. The summed E-state index contributed by atoms with van der Waals surface area (Å²) in [6, 6.07) is 7.59. The third kappa shape index (κ3) is 4.25. The maximum absolute atomic E-state index is 13.1. The summed E-state index contributed by atoms with van der Waals surface area (Å²) in [5.41, 5.74) is -0.183. The molecule has 2 rings (SSSR count). The molecule has 0 bridgehead atoms. The third-order valence-corrected chi connectivity index (χ3v) is 6.88. The summed E-state index contributed by atoms with van der Waals surface area (Å²) in [5, 5.41) is 0. The number of hydrogen-bond donors (Lipinski definition) is 0. The number of hydrogen-bond acceptors (Lipinski definition) is 5. The van der Waals surface area contributed by atoms with Crippen LogP contribution in [0.1, 0.15) is 39.7 Å². The van der Waals surface area contributed by atoms with Crippen LogP contribution in [0.2, 0.25) is 0 Å². The van der Waals surface area contributed by atoms with E-state index in [0.29, 0.717) is 13.0 Å². The Hall–Kier alpha value is -1.36. The van der Waals surface area contributed by atoms with Gasteiger partial charge in [0.2, 0.25) is 5.91 Å². The van der Waals surface area contributed by atoms with E-state index in [0.717, 1.165) is 11.3 Å². The van der Waals surface area contributed by atoms with E-state index in [2.05, 4.69) is 0 Å². The summed E-state index contributed by atoms with van der Waals surface area (Å²) in [6.45, 7) is 8.43. The van der Waals surface area contributed by atoms with E-state index in [1.54, 1.807) is 25.9 Å². The first-order valence-corrected chi connectivity index (χ1v) is 10.2. The van der Waals surface area contributed by atoms with Crippen LogP contribution in [0, 0.1) is 0 Å². The van der Waals surface area contributed by atoms with Gasteiger partial charge >= 0.3 is 7.60 Å². The number of rotatable bonds is 8. The standard InChI is InChI=1S/C18H28NO5P/c1-6-23-25(21,24-7-2)16-12-18(3,4)19(17(16)20)13-14-8-10-15(22-5)11-9-14/h8-11,16H,6-7,12-13H2,1-5H3. The van der Waals surface area contributed by atoms with E-state index in [9.17, 15) is 9.36 Å². The maximum Gasteiger partial charge on any atom is 0.343 e. The first-order valence-electron chi connectivity index (χ1n) is 8.60. The second-order valence-corrected chi connectivity index (χ2v) is 8.90. The van der Waals surface area contributed by atoms with Crippen LogP contribution in [-0.2, 0) is 25.0 Å². The molecule has 1 aliphatic rings. The largest absolute Gasteiger partial charge is 0.497 e. The predicted octanol–water partition coefficient (Wildman–Crippen LogP) is 3.84. The lowest BCUT2D eigenvalue weighted by atomic mass is 10.0. The van der Waals surface area contributed by atoms with E-state index < -0.39 is 18.8 Å². The fraction of sp³-hybridized carbons (Fsp3) is 0.611. The molecule has 1 unspecified atom stereocenters. The summed E-state index contributed by atoms with van der Waals surface area (Å²) in [4.78, 5) is 14.8. The number of methoxy groups -OCH3 is 1. The Balaban J connectivity index is 2.24. The van der Waals surface area contributed by atoms with Crippen molar-refractivity contribution in [3.8, 4) is 5.75 Å². The van der Waals surface area contributed by atoms with Crippen molar-refractivity contribution in [3.63, 3.8) is 0 Å². The van der Waals surface area contributed by atoms with E-state index in [1.807, 2.05) is 38.1 Å². The molecule has 1 aliphatic heterocycles. The molecule has 1 aromatic carbocycles. The summed E-state index contributed by atoms with van der Waals surface area (Å²) in [5.74, 6) is 0.594. The summed E-state index contributed by atoms with van der Waals surface area (Å²) in [6.07, 6.45) is 0.444. The topological polar surface area (TPSA) is 65.1 Å². The van der Waals surface area contributed by atoms with E-state index >= 15 is 0 Å². The van der Waals surface area contributed by atoms with Gasteiger partial charge in [-0.2, -0.15) is 0 Å². The molecule has 0 aliphatic carbocycles. The number of likely N-dealkylation sites (tertiary alicyclic amines) is 1. The van der Waals surface area contributed by atoms with Crippen molar-refractivity contribution in [1.29, 1.82) is 0 Å². The van der Waals surface area contributed by atoms with Crippen LogP contribution >= 0.6 is 7.60 Å². The minimum absolute atomic E-state index is 0.175. The van der Waals surface area contributed by atoms with Gasteiger partial charge in [-0.1, -0.05) is 12.1 Å². The van der Waals surface area contributed by atoms with Crippen molar-refractivity contribution in [1.82, 2.24) is 4.90 Å². The van der Waals surface area contributed by atoms with Gasteiger partial charge in [0.25, 0.3) is 0 Å². The molecule has 0 spiro atoms. The lowest BCUT2D eigenvalue weighted by molar-refractivity contribution is -0.131.